The molecule has 0 aliphatic carbocycles. The summed E-state index contributed by atoms with van der Waals surface area (Å²) >= 11 is 0. The van der Waals surface area contributed by atoms with Gasteiger partial charge in [0.1, 0.15) is 18.9 Å². The van der Waals surface area contributed by atoms with Crippen LogP contribution in [0.15, 0.2) is 36.4 Å². The van der Waals surface area contributed by atoms with Crippen LogP contribution in [0.3, 0.4) is 0 Å². The molecule has 0 spiro atoms. The third kappa shape index (κ3) is 5.73. The molecular weight excluding hydrogens is 402 g/mol. The number of anilines is 1. The number of nitrogens with one attached hydrogen (secondary N) is 1. The minimum atomic E-state index is -3.84. The normalized spacial score (nSPS) is 11.4. The van der Waals surface area contributed by atoms with Crippen molar-refractivity contribution in [2.75, 3.05) is 38.1 Å². The Labute approximate surface area is 179 Å². The summed E-state index contributed by atoms with van der Waals surface area (Å²) in [5.74, 6) is 0.377. The maximum absolute atomic E-state index is 12.9. The van der Waals surface area contributed by atoms with Crippen LogP contribution in [0.4, 0.5) is 5.69 Å². The van der Waals surface area contributed by atoms with Gasteiger partial charge in [-0.2, -0.15) is 12.7 Å². The van der Waals surface area contributed by atoms with E-state index < -0.39 is 16.1 Å². The summed E-state index contributed by atoms with van der Waals surface area (Å²) < 4.78 is 33.7. The number of carbonyl (C=O) groups is 1. The molecule has 30 heavy (non-hydrogen) atoms. The molecule has 0 radical (unpaired) electrons. The zero-order chi connectivity index (χ0) is 22.5. The smallest absolute Gasteiger partial charge is 0.304 e. The molecule has 0 aliphatic rings. The van der Waals surface area contributed by atoms with Crippen LogP contribution in [0.5, 0.6) is 5.75 Å². The first-order chi connectivity index (χ1) is 14.0. The Morgan fingerprint density at radius 3 is 2.40 bits per heavy atom. The van der Waals surface area contributed by atoms with E-state index in [2.05, 4.69) is 5.32 Å². The number of hydrogen-bond donors (Lipinski definition) is 1. The summed E-state index contributed by atoms with van der Waals surface area (Å²) in [7, 11) is -0.940. The average molecular weight is 434 g/mol. The molecule has 0 aliphatic heterocycles. The molecule has 164 valence electrons. The Morgan fingerprint density at radius 1 is 1.03 bits per heavy atom. The lowest BCUT2D eigenvalue weighted by Gasteiger charge is -2.28. The highest BCUT2D eigenvalue weighted by Crippen LogP contribution is 2.25. The second kappa shape index (κ2) is 9.95. The number of amides is 1. The molecule has 0 atom stereocenters. The number of ether oxygens (including phenoxy) is 1. The van der Waals surface area contributed by atoms with Crippen molar-refractivity contribution in [2.45, 2.75) is 27.7 Å². The molecule has 7 nitrogen and oxygen atoms in total. The van der Waals surface area contributed by atoms with Crippen molar-refractivity contribution < 1.29 is 17.9 Å². The summed E-state index contributed by atoms with van der Waals surface area (Å²) in [6, 6.07) is 11.3. The zero-order valence-corrected chi connectivity index (χ0v) is 19.3. The van der Waals surface area contributed by atoms with E-state index in [9.17, 15) is 13.2 Å². The SMILES string of the molecule is Cc1ccc(C)c(N(CC(=O)NCCOc2cccc(C)c2C)S(=O)(=O)N(C)C)c1. The van der Waals surface area contributed by atoms with Gasteiger partial charge in [0.05, 0.1) is 12.2 Å². The predicted octanol–water partition coefficient (Wildman–Crippen LogP) is 2.73. The lowest BCUT2D eigenvalue weighted by Crippen LogP contribution is -2.46. The first-order valence-electron chi connectivity index (χ1n) is 9.77. The van der Waals surface area contributed by atoms with E-state index in [1.165, 1.54) is 14.1 Å². The number of rotatable bonds is 9. The zero-order valence-electron chi connectivity index (χ0n) is 18.5. The van der Waals surface area contributed by atoms with Crippen LogP contribution in [0, 0.1) is 27.7 Å². The van der Waals surface area contributed by atoms with Crippen molar-refractivity contribution in [3.05, 3.63) is 58.7 Å². The molecule has 0 unspecified atom stereocenters. The lowest BCUT2D eigenvalue weighted by atomic mass is 10.1. The highest BCUT2D eigenvalue weighted by molar-refractivity contribution is 7.90. The maximum Gasteiger partial charge on any atom is 0.304 e. The Hall–Kier alpha value is -2.58. The Kier molecular flexibility index (Phi) is 7.86. The standard InChI is InChI=1S/C22H31N3O4S/c1-16-10-11-18(3)20(14-16)25(30(27,28)24(5)6)15-22(26)23-12-13-29-21-9-7-8-17(2)19(21)4/h7-11,14H,12-13,15H2,1-6H3,(H,23,26). The molecule has 2 aromatic carbocycles. The summed E-state index contributed by atoms with van der Waals surface area (Å²) in [4.78, 5) is 12.5. The van der Waals surface area contributed by atoms with Crippen LogP contribution >= 0.6 is 0 Å². The molecule has 0 fully saturated rings. The van der Waals surface area contributed by atoms with Crippen LogP contribution < -0.4 is 14.4 Å². The van der Waals surface area contributed by atoms with Gasteiger partial charge in [-0.25, -0.2) is 4.31 Å². The minimum Gasteiger partial charge on any atom is -0.491 e. The molecule has 0 heterocycles. The fraction of sp³-hybridized carbons (Fsp3) is 0.409. The predicted molar refractivity (Wildman–Crippen MR) is 120 cm³/mol. The minimum absolute atomic E-state index is 0.273. The number of hydrogen-bond acceptors (Lipinski definition) is 4. The van der Waals surface area contributed by atoms with Crippen LogP contribution in [0.2, 0.25) is 0 Å². The molecule has 1 amide bonds. The molecule has 0 aromatic heterocycles. The van der Waals surface area contributed by atoms with Crippen molar-refractivity contribution in [3.63, 3.8) is 0 Å². The molecular formula is C22H31N3O4S. The quantitative estimate of drug-likeness (QED) is 0.617. The molecule has 2 rings (SSSR count). The van der Waals surface area contributed by atoms with E-state index in [0.29, 0.717) is 12.3 Å². The lowest BCUT2D eigenvalue weighted by molar-refractivity contribution is -0.119. The van der Waals surface area contributed by atoms with E-state index in [0.717, 1.165) is 36.6 Å². The van der Waals surface area contributed by atoms with Crippen LogP contribution in [-0.2, 0) is 15.0 Å². The maximum atomic E-state index is 12.9. The van der Waals surface area contributed by atoms with Gasteiger partial charge in [0.25, 0.3) is 0 Å². The van der Waals surface area contributed by atoms with Crippen LogP contribution in [0.1, 0.15) is 22.3 Å². The summed E-state index contributed by atoms with van der Waals surface area (Å²) in [5.41, 5.74) is 4.37. The monoisotopic (exact) mass is 433 g/mol. The second-order valence-corrected chi connectivity index (χ2v) is 9.55. The molecule has 1 N–H and O–H groups in total. The molecule has 0 saturated heterocycles. The second-order valence-electron chi connectivity index (χ2n) is 7.48. The van der Waals surface area contributed by atoms with Gasteiger partial charge in [-0.05, 0) is 62.1 Å². The van der Waals surface area contributed by atoms with Gasteiger partial charge in [-0.15, -0.1) is 0 Å². The van der Waals surface area contributed by atoms with Crippen molar-refractivity contribution in [3.8, 4) is 5.75 Å². The van der Waals surface area contributed by atoms with Gasteiger partial charge in [0.15, 0.2) is 0 Å². The van der Waals surface area contributed by atoms with E-state index in [-0.39, 0.29) is 13.1 Å². The topological polar surface area (TPSA) is 79.0 Å². The van der Waals surface area contributed by atoms with Crippen molar-refractivity contribution in [1.82, 2.24) is 9.62 Å². The molecule has 0 saturated carbocycles. The van der Waals surface area contributed by atoms with Gasteiger partial charge in [-0.1, -0.05) is 24.3 Å². The van der Waals surface area contributed by atoms with Gasteiger partial charge >= 0.3 is 10.2 Å². The highest BCUT2D eigenvalue weighted by Gasteiger charge is 2.28. The van der Waals surface area contributed by atoms with Crippen molar-refractivity contribution in [2.24, 2.45) is 0 Å². The molecule has 8 heteroatoms. The van der Waals surface area contributed by atoms with Crippen LogP contribution in [-0.4, -0.2) is 52.4 Å². The van der Waals surface area contributed by atoms with Crippen molar-refractivity contribution >= 4 is 21.8 Å². The van der Waals surface area contributed by atoms with Gasteiger partial charge < -0.3 is 10.1 Å². The largest absolute Gasteiger partial charge is 0.491 e. The van der Waals surface area contributed by atoms with E-state index in [1.54, 1.807) is 6.07 Å². The number of benzene rings is 2. The molecule has 2 aromatic rings. The average Bonchev–Trinajstić information content (AvgIpc) is 2.68. The summed E-state index contributed by atoms with van der Waals surface area (Å²) in [6.45, 7) is 7.95. The fourth-order valence-corrected chi connectivity index (χ4v) is 4.01. The van der Waals surface area contributed by atoms with Gasteiger partial charge in [0, 0.05) is 14.1 Å². The molecule has 0 bridgehead atoms. The van der Waals surface area contributed by atoms with Crippen molar-refractivity contribution in [1.29, 1.82) is 0 Å². The third-order valence-corrected chi connectivity index (χ3v) is 6.70. The number of aryl methyl sites for hydroxylation is 3. The Bertz CT molecular complexity index is 1000. The summed E-state index contributed by atoms with van der Waals surface area (Å²) in [6.07, 6.45) is 0. The number of nitrogens with zero attached hydrogens (tertiary/aromatic N) is 2. The number of carbonyl (C=O) groups excluding carboxylic acids is 1. The first kappa shape index (κ1) is 23.7. The Balaban J connectivity index is 2.06. The first-order valence-corrected chi connectivity index (χ1v) is 11.2. The summed E-state index contributed by atoms with van der Waals surface area (Å²) in [5, 5.41) is 2.74. The Morgan fingerprint density at radius 2 is 1.73 bits per heavy atom. The van der Waals surface area contributed by atoms with E-state index in [4.69, 9.17) is 4.74 Å². The highest BCUT2D eigenvalue weighted by atomic mass is 32.2. The van der Waals surface area contributed by atoms with Crippen LogP contribution in [0.25, 0.3) is 0 Å². The van der Waals surface area contributed by atoms with Gasteiger partial charge in [-0.3, -0.25) is 4.79 Å². The van der Waals surface area contributed by atoms with E-state index in [1.807, 2.05) is 58.0 Å². The van der Waals surface area contributed by atoms with E-state index >= 15 is 0 Å². The fourth-order valence-electron chi connectivity index (χ4n) is 2.89. The van der Waals surface area contributed by atoms with Gasteiger partial charge in [0.2, 0.25) is 5.91 Å². The third-order valence-electron chi connectivity index (χ3n) is 4.90.